The Kier molecular flexibility index (Phi) is 5.40. The van der Waals surface area contributed by atoms with Crippen molar-refractivity contribution in [1.29, 1.82) is 0 Å². The van der Waals surface area contributed by atoms with E-state index in [2.05, 4.69) is 5.16 Å². The maximum atomic E-state index is 13.2. The van der Waals surface area contributed by atoms with Crippen molar-refractivity contribution in [1.82, 2.24) is 5.16 Å². The van der Waals surface area contributed by atoms with Gasteiger partial charge in [-0.3, -0.25) is 9.59 Å². The van der Waals surface area contributed by atoms with Gasteiger partial charge in [0.2, 0.25) is 5.91 Å². The summed E-state index contributed by atoms with van der Waals surface area (Å²) in [6.07, 6.45) is 1.03. The van der Waals surface area contributed by atoms with Gasteiger partial charge in [-0.15, -0.1) is 0 Å². The van der Waals surface area contributed by atoms with E-state index in [-0.39, 0.29) is 29.6 Å². The molecule has 1 aliphatic rings. The molecule has 30 heavy (non-hydrogen) atoms. The molecule has 3 aromatic rings. The van der Waals surface area contributed by atoms with Gasteiger partial charge < -0.3 is 14.3 Å². The molecule has 0 radical (unpaired) electrons. The Morgan fingerprint density at radius 2 is 1.83 bits per heavy atom. The number of carbonyl (C=O) groups is 2. The van der Waals surface area contributed by atoms with Gasteiger partial charge in [0.05, 0.1) is 6.04 Å². The Bertz CT molecular complexity index is 1060. The van der Waals surface area contributed by atoms with Crippen LogP contribution in [0.2, 0.25) is 0 Å². The Hall–Kier alpha value is -3.41. The SMILES string of the molecule is CCC(=O)N(c1ccccc1)[C@H]1C[C@@H](C)N(C(=O)c2cc(C)on2)c2ccccc21. The second-order valence-electron chi connectivity index (χ2n) is 7.61. The second kappa shape index (κ2) is 8.14. The van der Waals surface area contributed by atoms with Crippen LogP contribution in [0.25, 0.3) is 0 Å². The van der Waals surface area contributed by atoms with Gasteiger partial charge in [0.15, 0.2) is 5.69 Å². The number of aromatic nitrogens is 1. The van der Waals surface area contributed by atoms with Crippen molar-refractivity contribution in [2.45, 2.75) is 45.7 Å². The molecule has 4 rings (SSSR count). The van der Waals surface area contributed by atoms with Gasteiger partial charge in [-0.1, -0.05) is 48.5 Å². The molecule has 154 valence electrons. The van der Waals surface area contributed by atoms with Gasteiger partial charge in [-0.2, -0.15) is 0 Å². The van der Waals surface area contributed by atoms with E-state index in [9.17, 15) is 9.59 Å². The van der Waals surface area contributed by atoms with E-state index in [0.717, 1.165) is 16.9 Å². The van der Waals surface area contributed by atoms with Crippen molar-refractivity contribution in [2.75, 3.05) is 9.80 Å². The van der Waals surface area contributed by atoms with Crippen molar-refractivity contribution in [2.24, 2.45) is 0 Å². The van der Waals surface area contributed by atoms with E-state index < -0.39 is 0 Å². The van der Waals surface area contributed by atoms with Gasteiger partial charge in [-0.05, 0) is 44.0 Å². The minimum atomic E-state index is -0.196. The Morgan fingerprint density at radius 1 is 1.13 bits per heavy atom. The minimum Gasteiger partial charge on any atom is -0.361 e. The zero-order valence-electron chi connectivity index (χ0n) is 17.4. The van der Waals surface area contributed by atoms with E-state index in [4.69, 9.17) is 4.52 Å². The first-order valence-electron chi connectivity index (χ1n) is 10.2. The molecular weight excluding hydrogens is 378 g/mol. The lowest BCUT2D eigenvalue weighted by atomic mass is 9.89. The van der Waals surface area contributed by atoms with Crippen molar-refractivity contribution >= 4 is 23.2 Å². The number of carbonyl (C=O) groups excluding carboxylic acids is 2. The van der Waals surface area contributed by atoms with Crippen LogP contribution < -0.4 is 9.80 Å². The monoisotopic (exact) mass is 403 g/mol. The number of hydrogen-bond acceptors (Lipinski definition) is 4. The third-order valence-electron chi connectivity index (χ3n) is 5.54. The van der Waals surface area contributed by atoms with Crippen LogP contribution in [-0.2, 0) is 4.79 Å². The van der Waals surface area contributed by atoms with Gasteiger partial charge in [0, 0.05) is 29.9 Å². The normalized spacial score (nSPS) is 18.0. The molecule has 0 spiro atoms. The molecule has 1 aliphatic heterocycles. The average Bonchev–Trinajstić information content (AvgIpc) is 3.20. The first-order valence-corrected chi connectivity index (χ1v) is 10.2. The molecule has 2 heterocycles. The highest BCUT2D eigenvalue weighted by Gasteiger charge is 2.39. The highest BCUT2D eigenvalue weighted by atomic mass is 16.5. The molecule has 1 aromatic heterocycles. The molecule has 2 aromatic carbocycles. The second-order valence-corrected chi connectivity index (χ2v) is 7.61. The fraction of sp³-hybridized carbons (Fsp3) is 0.292. The van der Waals surface area contributed by atoms with Crippen LogP contribution >= 0.6 is 0 Å². The summed E-state index contributed by atoms with van der Waals surface area (Å²) in [5.74, 6) is 0.455. The van der Waals surface area contributed by atoms with E-state index in [1.54, 1.807) is 17.9 Å². The molecule has 6 heteroatoms. The molecule has 0 aliphatic carbocycles. The number of amides is 2. The summed E-state index contributed by atoms with van der Waals surface area (Å²) in [5, 5.41) is 3.91. The molecule has 2 amide bonds. The average molecular weight is 403 g/mol. The molecule has 0 unspecified atom stereocenters. The maximum Gasteiger partial charge on any atom is 0.280 e. The van der Waals surface area contributed by atoms with Crippen LogP contribution in [0.15, 0.2) is 65.2 Å². The Labute approximate surface area is 176 Å². The molecule has 0 bridgehead atoms. The summed E-state index contributed by atoms with van der Waals surface area (Å²) >= 11 is 0. The number of aryl methyl sites for hydroxylation is 1. The maximum absolute atomic E-state index is 13.2. The quantitative estimate of drug-likeness (QED) is 0.621. The number of benzene rings is 2. The first-order chi connectivity index (χ1) is 14.5. The van der Waals surface area contributed by atoms with Crippen LogP contribution in [-0.4, -0.2) is 23.0 Å². The third kappa shape index (κ3) is 3.49. The van der Waals surface area contributed by atoms with E-state index in [1.807, 2.05) is 73.3 Å². The van der Waals surface area contributed by atoms with Crippen LogP contribution in [0.5, 0.6) is 0 Å². The van der Waals surface area contributed by atoms with Gasteiger partial charge in [0.1, 0.15) is 5.76 Å². The molecule has 2 atom stereocenters. The summed E-state index contributed by atoms with van der Waals surface area (Å²) in [5.41, 5.74) is 2.91. The molecule has 0 saturated heterocycles. The molecular formula is C24H25N3O3. The van der Waals surface area contributed by atoms with E-state index in [1.165, 1.54) is 0 Å². The zero-order chi connectivity index (χ0) is 21.3. The summed E-state index contributed by atoms with van der Waals surface area (Å²) in [6.45, 7) is 5.65. The lowest BCUT2D eigenvalue weighted by molar-refractivity contribution is -0.118. The highest BCUT2D eigenvalue weighted by molar-refractivity contribution is 6.06. The summed E-state index contributed by atoms with van der Waals surface area (Å²) < 4.78 is 5.11. The summed E-state index contributed by atoms with van der Waals surface area (Å²) in [7, 11) is 0. The summed E-state index contributed by atoms with van der Waals surface area (Å²) in [6, 6.07) is 18.9. The van der Waals surface area contributed by atoms with Crippen LogP contribution in [0.1, 0.15) is 54.5 Å². The van der Waals surface area contributed by atoms with Crippen molar-refractivity contribution in [3.8, 4) is 0 Å². The van der Waals surface area contributed by atoms with E-state index >= 15 is 0 Å². The predicted molar refractivity (Wildman–Crippen MR) is 116 cm³/mol. The smallest absolute Gasteiger partial charge is 0.280 e. The lowest BCUT2D eigenvalue weighted by Gasteiger charge is -2.43. The Morgan fingerprint density at radius 3 is 2.50 bits per heavy atom. The van der Waals surface area contributed by atoms with E-state index in [0.29, 0.717) is 18.6 Å². The predicted octanol–water partition coefficient (Wildman–Crippen LogP) is 4.91. The van der Waals surface area contributed by atoms with Crippen LogP contribution in [0.3, 0.4) is 0 Å². The fourth-order valence-corrected chi connectivity index (χ4v) is 4.18. The molecule has 0 saturated carbocycles. The van der Waals surface area contributed by atoms with Gasteiger partial charge in [-0.25, -0.2) is 0 Å². The number of para-hydroxylation sites is 2. The fourth-order valence-electron chi connectivity index (χ4n) is 4.18. The largest absolute Gasteiger partial charge is 0.361 e. The topological polar surface area (TPSA) is 66.7 Å². The molecule has 6 nitrogen and oxygen atoms in total. The zero-order valence-corrected chi connectivity index (χ0v) is 17.4. The van der Waals surface area contributed by atoms with Crippen LogP contribution in [0.4, 0.5) is 11.4 Å². The van der Waals surface area contributed by atoms with Crippen molar-refractivity contribution in [3.63, 3.8) is 0 Å². The number of hydrogen-bond donors (Lipinski definition) is 0. The van der Waals surface area contributed by atoms with Crippen LogP contribution in [0, 0.1) is 6.92 Å². The summed E-state index contributed by atoms with van der Waals surface area (Å²) in [4.78, 5) is 29.9. The standard InChI is InChI=1S/C24H25N3O3/c1-4-23(28)27(18-10-6-5-7-11-18)22-14-16(2)26(21-13-9-8-12-19(21)22)24(29)20-15-17(3)30-25-20/h5-13,15-16,22H,4,14H2,1-3H3/t16-,22+/m1/s1. The molecule has 0 fully saturated rings. The Balaban J connectivity index is 1.79. The number of fused-ring (bicyclic) bond motifs is 1. The highest BCUT2D eigenvalue weighted by Crippen LogP contribution is 2.42. The van der Waals surface area contributed by atoms with Crippen molar-refractivity contribution in [3.05, 3.63) is 77.7 Å². The number of rotatable bonds is 4. The third-order valence-corrected chi connectivity index (χ3v) is 5.54. The number of anilines is 2. The first kappa shape index (κ1) is 19.9. The van der Waals surface area contributed by atoms with Crippen molar-refractivity contribution < 1.29 is 14.1 Å². The minimum absolute atomic E-state index is 0.0557. The van der Waals surface area contributed by atoms with Gasteiger partial charge in [0.25, 0.3) is 5.91 Å². The number of nitrogens with zero attached hydrogens (tertiary/aromatic N) is 3. The van der Waals surface area contributed by atoms with Gasteiger partial charge >= 0.3 is 0 Å². The molecule has 0 N–H and O–H groups in total. The lowest BCUT2D eigenvalue weighted by Crippen LogP contribution is -2.47.